The number of rotatable bonds is 5. The van der Waals surface area contributed by atoms with Gasteiger partial charge in [-0.15, -0.1) is 0 Å². The molecule has 1 atom stereocenters. The van der Waals surface area contributed by atoms with E-state index in [-0.39, 0.29) is 5.97 Å². The number of carbonyl (C=O) groups excluding carboxylic acids is 1. The number of carbonyl (C=O) groups is 1. The van der Waals surface area contributed by atoms with E-state index in [1.807, 2.05) is 12.1 Å². The fourth-order valence-corrected chi connectivity index (χ4v) is 3.25. The molecule has 0 amide bonds. The van der Waals surface area contributed by atoms with E-state index in [0.717, 1.165) is 38.2 Å². The van der Waals surface area contributed by atoms with Gasteiger partial charge in [0.1, 0.15) is 0 Å². The van der Waals surface area contributed by atoms with E-state index in [4.69, 9.17) is 4.74 Å². The maximum atomic E-state index is 11.7. The maximum absolute atomic E-state index is 11.7. The molecule has 0 aliphatic carbocycles. The molecule has 3 rings (SSSR count). The van der Waals surface area contributed by atoms with Crippen LogP contribution in [0.25, 0.3) is 0 Å². The van der Waals surface area contributed by atoms with Crippen LogP contribution in [0.4, 0.5) is 0 Å². The van der Waals surface area contributed by atoms with Crippen LogP contribution in [0.15, 0.2) is 54.6 Å². The minimum atomic E-state index is -0.279. The summed E-state index contributed by atoms with van der Waals surface area (Å²) in [5.74, 6) is -0.279. The molecule has 0 aromatic heterocycles. The molecule has 1 N–H and O–H groups in total. The largest absolute Gasteiger partial charge is 0.465 e. The van der Waals surface area contributed by atoms with Gasteiger partial charge in [-0.05, 0) is 29.7 Å². The van der Waals surface area contributed by atoms with Crippen LogP contribution in [-0.4, -0.2) is 43.7 Å². The van der Waals surface area contributed by atoms with Crippen LogP contribution in [0, 0.1) is 0 Å². The SMILES string of the molecule is COC(=O)c1cccc(CN2CCN[C@@H](Cc3ccccc3)C2)c1. The van der Waals surface area contributed by atoms with Gasteiger partial charge in [0.15, 0.2) is 0 Å². The minimum absolute atomic E-state index is 0.279. The zero-order chi connectivity index (χ0) is 16.8. The Kier molecular flexibility index (Phi) is 5.62. The minimum Gasteiger partial charge on any atom is -0.465 e. The molecule has 0 bridgehead atoms. The molecular formula is C20H24N2O2. The van der Waals surface area contributed by atoms with Crippen LogP contribution in [0.2, 0.25) is 0 Å². The lowest BCUT2D eigenvalue weighted by Gasteiger charge is -2.34. The monoisotopic (exact) mass is 324 g/mol. The summed E-state index contributed by atoms with van der Waals surface area (Å²) in [7, 11) is 1.42. The van der Waals surface area contributed by atoms with Crippen molar-refractivity contribution >= 4 is 5.97 Å². The van der Waals surface area contributed by atoms with Gasteiger partial charge in [-0.25, -0.2) is 4.79 Å². The number of piperazine rings is 1. The average molecular weight is 324 g/mol. The Morgan fingerprint density at radius 1 is 1.17 bits per heavy atom. The van der Waals surface area contributed by atoms with Crippen molar-refractivity contribution in [3.63, 3.8) is 0 Å². The van der Waals surface area contributed by atoms with E-state index in [1.54, 1.807) is 6.07 Å². The van der Waals surface area contributed by atoms with Gasteiger partial charge >= 0.3 is 5.97 Å². The molecule has 24 heavy (non-hydrogen) atoms. The molecule has 1 aliphatic heterocycles. The van der Waals surface area contributed by atoms with E-state index in [0.29, 0.717) is 11.6 Å². The van der Waals surface area contributed by atoms with E-state index in [1.165, 1.54) is 12.7 Å². The van der Waals surface area contributed by atoms with Crippen molar-refractivity contribution in [1.82, 2.24) is 10.2 Å². The first-order valence-electron chi connectivity index (χ1n) is 8.41. The second-order valence-corrected chi connectivity index (χ2v) is 6.27. The van der Waals surface area contributed by atoms with Crippen molar-refractivity contribution in [2.75, 3.05) is 26.7 Å². The Bertz CT molecular complexity index is 672. The Hall–Kier alpha value is -2.17. The van der Waals surface area contributed by atoms with E-state index in [2.05, 4.69) is 46.6 Å². The number of hydrogen-bond acceptors (Lipinski definition) is 4. The van der Waals surface area contributed by atoms with Crippen LogP contribution in [0.1, 0.15) is 21.5 Å². The highest BCUT2D eigenvalue weighted by molar-refractivity contribution is 5.89. The Morgan fingerprint density at radius 2 is 1.96 bits per heavy atom. The van der Waals surface area contributed by atoms with Gasteiger partial charge in [-0.2, -0.15) is 0 Å². The average Bonchev–Trinajstić information content (AvgIpc) is 2.62. The molecule has 0 radical (unpaired) electrons. The predicted octanol–water partition coefficient (Wildman–Crippen LogP) is 2.49. The van der Waals surface area contributed by atoms with Crippen LogP contribution >= 0.6 is 0 Å². The van der Waals surface area contributed by atoms with Gasteiger partial charge in [0.2, 0.25) is 0 Å². The fraction of sp³-hybridized carbons (Fsp3) is 0.350. The zero-order valence-electron chi connectivity index (χ0n) is 14.1. The van der Waals surface area contributed by atoms with Crippen molar-refractivity contribution < 1.29 is 9.53 Å². The standard InChI is InChI=1S/C20H24N2O2/c1-24-20(23)18-9-5-8-17(12-18)14-22-11-10-21-19(15-22)13-16-6-3-2-4-7-16/h2-9,12,19,21H,10-11,13-15H2,1H3/t19-/m0/s1. The second kappa shape index (κ2) is 8.08. The van der Waals surface area contributed by atoms with Gasteiger partial charge in [-0.3, -0.25) is 4.90 Å². The van der Waals surface area contributed by atoms with E-state index < -0.39 is 0 Å². The number of nitrogens with zero attached hydrogens (tertiary/aromatic N) is 1. The van der Waals surface area contributed by atoms with Crippen molar-refractivity contribution in [2.24, 2.45) is 0 Å². The van der Waals surface area contributed by atoms with Gasteiger partial charge in [0.25, 0.3) is 0 Å². The third-order valence-electron chi connectivity index (χ3n) is 4.42. The van der Waals surface area contributed by atoms with Gasteiger partial charge < -0.3 is 10.1 Å². The van der Waals surface area contributed by atoms with Crippen molar-refractivity contribution in [3.8, 4) is 0 Å². The molecule has 0 spiro atoms. The Balaban J connectivity index is 1.60. The lowest BCUT2D eigenvalue weighted by molar-refractivity contribution is 0.0600. The summed E-state index contributed by atoms with van der Waals surface area (Å²) in [5, 5.41) is 3.61. The normalized spacial score (nSPS) is 18.3. The molecule has 126 valence electrons. The predicted molar refractivity (Wildman–Crippen MR) is 95.0 cm³/mol. The summed E-state index contributed by atoms with van der Waals surface area (Å²) in [4.78, 5) is 14.1. The number of esters is 1. The Labute approximate surface area is 143 Å². The van der Waals surface area contributed by atoms with Gasteiger partial charge in [0.05, 0.1) is 12.7 Å². The number of benzene rings is 2. The third-order valence-corrected chi connectivity index (χ3v) is 4.42. The molecule has 1 aliphatic rings. The lowest BCUT2D eigenvalue weighted by atomic mass is 10.0. The molecule has 1 saturated heterocycles. The summed E-state index contributed by atoms with van der Waals surface area (Å²) in [6, 6.07) is 18.8. The van der Waals surface area contributed by atoms with Gasteiger partial charge in [0, 0.05) is 32.2 Å². The van der Waals surface area contributed by atoms with E-state index in [9.17, 15) is 4.79 Å². The summed E-state index contributed by atoms with van der Waals surface area (Å²) < 4.78 is 4.80. The third kappa shape index (κ3) is 4.43. The molecule has 1 fully saturated rings. The summed E-state index contributed by atoms with van der Waals surface area (Å²) >= 11 is 0. The molecule has 2 aromatic rings. The molecule has 0 saturated carbocycles. The molecule has 0 unspecified atom stereocenters. The molecule has 4 heteroatoms. The second-order valence-electron chi connectivity index (χ2n) is 6.27. The summed E-state index contributed by atoms with van der Waals surface area (Å²) in [6.07, 6.45) is 1.04. The first-order valence-corrected chi connectivity index (χ1v) is 8.41. The molecule has 1 heterocycles. The van der Waals surface area contributed by atoms with Crippen molar-refractivity contribution in [2.45, 2.75) is 19.0 Å². The Morgan fingerprint density at radius 3 is 2.75 bits per heavy atom. The summed E-state index contributed by atoms with van der Waals surface area (Å²) in [6.45, 7) is 3.89. The number of ether oxygens (including phenoxy) is 1. The van der Waals surface area contributed by atoms with Crippen LogP contribution < -0.4 is 5.32 Å². The number of nitrogens with one attached hydrogen (secondary N) is 1. The summed E-state index contributed by atoms with van der Waals surface area (Å²) in [5.41, 5.74) is 3.13. The molecular weight excluding hydrogens is 300 g/mol. The van der Waals surface area contributed by atoms with Crippen molar-refractivity contribution in [3.05, 3.63) is 71.3 Å². The first-order chi connectivity index (χ1) is 11.7. The number of methoxy groups -OCH3 is 1. The quantitative estimate of drug-likeness (QED) is 0.858. The van der Waals surface area contributed by atoms with E-state index >= 15 is 0 Å². The van der Waals surface area contributed by atoms with Crippen molar-refractivity contribution in [1.29, 1.82) is 0 Å². The molecule has 4 nitrogen and oxygen atoms in total. The lowest BCUT2D eigenvalue weighted by Crippen LogP contribution is -2.51. The number of hydrogen-bond donors (Lipinski definition) is 1. The highest BCUT2D eigenvalue weighted by Gasteiger charge is 2.19. The van der Waals surface area contributed by atoms with Crippen LogP contribution in [0.5, 0.6) is 0 Å². The topological polar surface area (TPSA) is 41.6 Å². The van der Waals surface area contributed by atoms with Gasteiger partial charge in [-0.1, -0.05) is 42.5 Å². The van der Waals surface area contributed by atoms with Crippen LogP contribution in [0.3, 0.4) is 0 Å². The van der Waals surface area contributed by atoms with Crippen LogP contribution in [-0.2, 0) is 17.7 Å². The smallest absolute Gasteiger partial charge is 0.337 e. The molecule has 2 aromatic carbocycles. The highest BCUT2D eigenvalue weighted by Crippen LogP contribution is 2.13. The maximum Gasteiger partial charge on any atom is 0.337 e. The zero-order valence-corrected chi connectivity index (χ0v) is 14.1. The fourth-order valence-electron chi connectivity index (χ4n) is 3.25. The first kappa shape index (κ1) is 16.7. The highest BCUT2D eigenvalue weighted by atomic mass is 16.5.